The summed E-state index contributed by atoms with van der Waals surface area (Å²) in [4.78, 5) is 71.1. The molecule has 0 atom stereocenters. The summed E-state index contributed by atoms with van der Waals surface area (Å²) in [5.74, 6) is -0.329. The Bertz CT molecular complexity index is 1040. The number of rotatable bonds is 3. The van der Waals surface area contributed by atoms with E-state index in [9.17, 15) is 24.0 Å². The molecule has 0 spiro atoms. The van der Waals surface area contributed by atoms with Crippen LogP contribution in [-0.2, 0) is 40.9 Å². The van der Waals surface area contributed by atoms with Gasteiger partial charge in [-0.1, -0.05) is 0 Å². The summed E-state index contributed by atoms with van der Waals surface area (Å²) < 4.78 is 16.8. The molecule has 3 rings (SSSR count). The first kappa shape index (κ1) is 45.3. The number of carbonyl (C=O) groups excluding carboxylic acids is 5. The van der Waals surface area contributed by atoms with E-state index in [2.05, 4.69) is 5.32 Å². The van der Waals surface area contributed by atoms with Gasteiger partial charge in [-0.2, -0.15) is 0 Å². The minimum Gasteiger partial charge on any atom is -0.444 e. The molecule has 2 aliphatic carbocycles. The van der Waals surface area contributed by atoms with Crippen LogP contribution >= 0.6 is 0 Å². The monoisotopic (exact) mass is 741 g/mol. The maximum Gasteiger partial charge on any atom is 2.00 e. The largest absolute Gasteiger partial charge is 2.00 e. The average Bonchev–Trinajstić information content (AvgIpc) is 3.71. The SMILES string of the molecule is CC(C)(C)OC(=O)N1CCN(C(=O)CNC(=O)[C]2[CH][CH][CH][CH]2)CCN(C(=O)OC(C)(C)C)CCN(C(=O)OC(C)(C)C)CC1.[CH]1[CH][CH][CH][CH]1.[Fe+2]. The minimum atomic E-state index is -0.764. The molecular formula is C36H55FeN5O8+2. The molecule has 1 saturated heterocycles. The molecule has 14 heteroatoms. The van der Waals surface area contributed by atoms with Gasteiger partial charge in [-0.25, -0.2) is 14.4 Å². The third-order valence-electron chi connectivity index (χ3n) is 6.75. The van der Waals surface area contributed by atoms with E-state index in [4.69, 9.17) is 14.2 Å². The second kappa shape index (κ2) is 21.0. The predicted octanol–water partition coefficient (Wildman–Crippen LogP) is 4.08. The molecular weight excluding hydrogens is 686 g/mol. The van der Waals surface area contributed by atoms with Gasteiger partial charge in [0.2, 0.25) is 11.8 Å². The van der Waals surface area contributed by atoms with Crippen molar-refractivity contribution in [3.05, 3.63) is 63.7 Å². The van der Waals surface area contributed by atoms with E-state index in [1.807, 2.05) is 32.1 Å². The van der Waals surface area contributed by atoms with Crippen LogP contribution in [-0.4, -0.2) is 125 Å². The van der Waals surface area contributed by atoms with Gasteiger partial charge in [-0.05, 0) is 120 Å². The quantitative estimate of drug-likeness (QED) is 0.338. The molecule has 10 radical (unpaired) electrons. The Labute approximate surface area is 311 Å². The number of carbonyl (C=O) groups is 5. The summed E-state index contributed by atoms with van der Waals surface area (Å²) >= 11 is 0. The van der Waals surface area contributed by atoms with Gasteiger partial charge < -0.3 is 39.1 Å². The normalized spacial score (nSPS) is 18.4. The van der Waals surface area contributed by atoms with Crippen molar-refractivity contribution in [1.29, 1.82) is 0 Å². The molecule has 0 aromatic carbocycles. The molecule has 0 bridgehead atoms. The Kier molecular flexibility index (Phi) is 19.0. The second-order valence-electron chi connectivity index (χ2n) is 14.6. The minimum absolute atomic E-state index is 0. The molecule has 1 aliphatic heterocycles. The van der Waals surface area contributed by atoms with E-state index >= 15 is 0 Å². The summed E-state index contributed by atoms with van der Waals surface area (Å²) in [7, 11) is 0. The fraction of sp³-hybridized carbons (Fsp3) is 0.583. The molecule has 1 heterocycles. The smallest absolute Gasteiger partial charge is 0.444 e. The molecule has 3 aliphatic rings. The van der Waals surface area contributed by atoms with Crippen LogP contribution in [0.15, 0.2) is 0 Å². The van der Waals surface area contributed by atoms with Gasteiger partial charge in [0, 0.05) is 52.4 Å². The molecule has 0 aromatic rings. The number of ether oxygens (including phenoxy) is 3. The zero-order valence-corrected chi connectivity index (χ0v) is 32.1. The van der Waals surface area contributed by atoms with E-state index in [1.165, 1.54) is 19.6 Å². The van der Waals surface area contributed by atoms with Crippen molar-refractivity contribution in [2.24, 2.45) is 0 Å². The third kappa shape index (κ3) is 18.5. The molecule has 5 amide bonds. The van der Waals surface area contributed by atoms with Gasteiger partial charge in [-0.15, -0.1) is 0 Å². The molecule has 13 nitrogen and oxygen atoms in total. The number of nitrogens with zero attached hydrogens (tertiary/aromatic N) is 4. The van der Waals surface area contributed by atoms with Crippen LogP contribution in [0.4, 0.5) is 14.4 Å². The van der Waals surface area contributed by atoms with Crippen molar-refractivity contribution in [3.63, 3.8) is 0 Å². The fourth-order valence-corrected chi connectivity index (χ4v) is 4.41. The van der Waals surface area contributed by atoms with Crippen LogP contribution in [0.25, 0.3) is 0 Å². The van der Waals surface area contributed by atoms with Crippen LogP contribution in [0.1, 0.15) is 62.3 Å². The molecule has 0 aromatic heterocycles. The Morgan fingerprint density at radius 1 is 0.520 bits per heavy atom. The van der Waals surface area contributed by atoms with Crippen LogP contribution < -0.4 is 5.32 Å². The average molecular weight is 742 g/mol. The first-order chi connectivity index (χ1) is 22.7. The Balaban J connectivity index is 0.00000190. The van der Waals surface area contributed by atoms with Crippen molar-refractivity contribution in [1.82, 2.24) is 24.9 Å². The Morgan fingerprint density at radius 3 is 1.08 bits per heavy atom. The van der Waals surface area contributed by atoms with Gasteiger partial charge in [0.25, 0.3) is 0 Å². The van der Waals surface area contributed by atoms with Crippen molar-refractivity contribution in [2.45, 2.75) is 79.1 Å². The summed E-state index contributed by atoms with van der Waals surface area (Å²) in [6.07, 6.45) is 15.0. The van der Waals surface area contributed by atoms with Crippen molar-refractivity contribution in [3.8, 4) is 0 Å². The molecule has 2 saturated carbocycles. The molecule has 0 unspecified atom stereocenters. The van der Waals surface area contributed by atoms with Gasteiger partial charge in [0.1, 0.15) is 16.8 Å². The van der Waals surface area contributed by atoms with Crippen molar-refractivity contribution < 1.29 is 55.3 Å². The molecule has 50 heavy (non-hydrogen) atoms. The molecule has 1 N–H and O–H groups in total. The topological polar surface area (TPSA) is 138 Å². The zero-order chi connectivity index (χ0) is 36.8. The van der Waals surface area contributed by atoms with E-state index < -0.39 is 35.1 Å². The number of hydrogen-bond donors (Lipinski definition) is 1. The van der Waals surface area contributed by atoms with E-state index in [1.54, 1.807) is 88.0 Å². The van der Waals surface area contributed by atoms with E-state index in [0.717, 1.165) is 0 Å². The van der Waals surface area contributed by atoms with Crippen molar-refractivity contribution >= 4 is 30.1 Å². The van der Waals surface area contributed by atoms with Gasteiger partial charge in [-0.3, -0.25) is 9.59 Å². The standard InChI is InChI=1S/C31H50N5O8.C5H5.Fe/c1-29(2,3)42-26(39)34-16-14-33(24(37)22-32-25(38)23-12-10-11-13-23)15-17-35(27(40)43-30(4,5)6)19-21-36(20-18-34)28(41)44-31(7,8)9;1-2-4-5-3-1;/h10-13H,14-22H2,1-9H3,(H,32,38);1-5H;/q;;+2. The number of amides is 5. The molecule has 3 fully saturated rings. The van der Waals surface area contributed by atoms with Crippen LogP contribution in [0.3, 0.4) is 0 Å². The zero-order valence-electron chi connectivity index (χ0n) is 31.0. The first-order valence-electron chi connectivity index (χ1n) is 16.6. The van der Waals surface area contributed by atoms with Gasteiger partial charge >= 0.3 is 35.3 Å². The summed E-state index contributed by atoms with van der Waals surface area (Å²) in [5.41, 5.74) is -2.28. The van der Waals surface area contributed by atoms with E-state index in [0.29, 0.717) is 5.92 Å². The maximum absolute atomic E-state index is 13.3. The predicted molar refractivity (Wildman–Crippen MR) is 185 cm³/mol. The molecule has 278 valence electrons. The number of nitrogens with one attached hydrogen (secondary N) is 1. The second-order valence-corrected chi connectivity index (χ2v) is 14.6. The first-order valence-corrected chi connectivity index (χ1v) is 16.6. The van der Waals surface area contributed by atoms with Gasteiger partial charge in [0.15, 0.2) is 0 Å². The fourth-order valence-electron chi connectivity index (χ4n) is 4.41. The van der Waals surface area contributed by atoms with Crippen LogP contribution in [0, 0.1) is 63.7 Å². The van der Waals surface area contributed by atoms with Crippen LogP contribution in [0.2, 0.25) is 0 Å². The van der Waals surface area contributed by atoms with E-state index in [-0.39, 0.29) is 87.8 Å². The number of hydrogen-bond acceptors (Lipinski definition) is 8. The summed E-state index contributed by atoms with van der Waals surface area (Å²) in [6.45, 7) is 16.3. The van der Waals surface area contributed by atoms with Crippen LogP contribution in [0.5, 0.6) is 0 Å². The Hall–Kier alpha value is -2.73. The summed E-state index contributed by atoms with van der Waals surface area (Å²) in [5, 5.41) is 2.64. The third-order valence-corrected chi connectivity index (χ3v) is 6.75. The van der Waals surface area contributed by atoms with Gasteiger partial charge in [0.05, 0.1) is 12.5 Å². The summed E-state index contributed by atoms with van der Waals surface area (Å²) in [6, 6.07) is 0. The maximum atomic E-state index is 13.3. The van der Waals surface area contributed by atoms with Crippen molar-refractivity contribution in [2.75, 3.05) is 58.9 Å². The Morgan fingerprint density at radius 2 is 0.800 bits per heavy atom.